The number of aromatic nitrogens is 2. The van der Waals surface area contributed by atoms with Gasteiger partial charge in [-0.2, -0.15) is 0 Å². The molecule has 21 heavy (non-hydrogen) atoms. The molecule has 0 spiro atoms. The molecule has 112 valence electrons. The lowest BCUT2D eigenvalue weighted by Crippen LogP contribution is -2.58. The van der Waals surface area contributed by atoms with Crippen molar-refractivity contribution >= 4 is 16.9 Å². The maximum atomic E-state index is 6.10. The van der Waals surface area contributed by atoms with Crippen molar-refractivity contribution in [1.29, 1.82) is 0 Å². The molecule has 2 aromatic rings. The summed E-state index contributed by atoms with van der Waals surface area (Å²) < 4.78 is 0. The summed E-state index contributed by atoms with van der Waals surface area (Å²) in [5.74, 6) is 7.57. The average Bonchev–Trinajstić information content (AvgIpc) is 2.46. The molecule has 0 bridgehead atoms. The Hall–Kier alpha value is -1.72. The standard InChI is InChI=1S/C16H23N5/c1-11(2)15-10-20(6-7-21(15)17)16-9-18-13-5-4-12(3)8-14(13)19-16/h4-5,8-9,11,15H,6-7,10,17H2,1-3H3. The van der Waals surface area contributed by atoms with Crippen molar-refractivity contribution < 1.29 is 0 Å². The molecule has 1 unspecified atom stereocenters. The first-order chi connectivity index (χ1) is 10.0. The van der Waals surface area contributed by atoms with Crippen molar-refractivity contribution in [2.24, 2.45) is 11.8 Å². The molecule has 2 heterocycles. The molecule has 0 saturated carbocycles. The molecule has 0 radical (unpaired) electrons. The highest BCUT2D eigenvalue weighted by Crippen LogP contribution is 2.21. The minimum Gasteiger partial charge on any atom is -0.352 e. The van der Waals surface area contributed by atoms with Crippen molar-refractivity contribution in [2.75, 3.05) is 24.5 Å². The van der Waals surface area contributed by atoms with E-state index in [0.717, 1.165) is 36.5 Å². The number of piperazine rings is 1. The van der Waals surface area contributed by atoms with Crippen LogP contribution in [0.5, 0.6) is 0 Å². The molecular weight excluding hydrogens is 262 g/mol. The zero-order valence-electron chi connectivity index (χ0n) is 13.0. The van der Waals surface area contributed by atoms with E-state index in [1.54, 1.807) is 0 Å². The van der Waals surface area contributed by atoms with Crippen LogP contribution in [0.15, 0.2) is 24.4 Å². The lowest BCUT2D eigenvalue weighted by atomic mass is 10.0. The summed E-state index contributed by atoms with van der Waals surface area (Å²) in [7, 11) is 0. The van der Waals surface area contributed by atoms with Gasteiger partial charge in [-0.05, 0) is 30.5 Å². The molecule has 3 rings (SSSR count). The molecule has 1 saturated heterocycles. The molecule has 1 aromatic carbocycles. The number of hydrazine groups is 1. The Balaban J connectivity index is 1.89. The molecular formula is C16H23N5. The highest BCUT2D eigenvalue weighted by molar-refractivity contribution is 5.76. The van der Waals surface area contributed by atoms with Crippen LogP contribution in [0.4, 0.5) is 5.82 Å². The van der Waals surface area contributed by atoms with Gasteiger partial charge >= 0.3 is 0 Å². The number of anilines is 1. The van der Waals surface area contributed by atoms with E-state index in [1.807, 2.05) is 17.3 Å². The third-order valence-electron chi connectivity index (χ3n) is 4.24. The molecule has 5 heteroatoms. The molecule has 1 fully saturated rings. The van der Waals surface area contributed by atoms with Gasteiger partial charge in [-0.25, -0.2) is 9.99 Å². The van der Waals surface area contributed by atoms with Crippen LogP contribution in [0.25, 0.3) is 11.0 Å². The predicted octanol–water partition coefficient (Wildman–Crippen LogP) is 1.96. The largest absolute Gasteiger partial charge is 0.352 e. The number of hydrogen-bond acceptors (Lipinski definition) is 5. The van der Waals surface area contributed by atoms with E-state index < -0.39 is 0 Å². The first kappa shape index (κ1) is 14.2. The van der Waals surface area contributed by atoms with Crippen molar-refractivity contribution in [2.45, 2.75) is 26.8 Å². The topological polar surface area (TPSA) is 58.3 Å². The second-order valence-corrected chi connectivity index (χ2v) is 6.22. The van der Waals surface area contributed by atoms with Gasteiger partial charge in [0.2, 0.25) is 0 Å². The monoisotopic (exact) mass is 285 g/mol. The fourth-order valence-electron chi connectivity index (χ4n) is 2.89. The number of benzene rings is 1. The Morgan fingerprint density at radius 1 is 1.24 bits per heavy atom. The summed E-state index contributed by atoms with van der Waals surface area (Å²) in [5.41, 5.74) is 3.12. The van der Waals surface area contributed by atoms with E-state index in [2.05, 4.69) is 42.8 Å². The van der Waals surface area contributed by atoms with E-state index in [-0.39, 0.29) is 0 Å². The average molecular weight is 285 g/mol. The van der Waals surface area contributed by atoms with Crippen LogP contribution in [0.1, 0.15) is 19.4 Å². The SMILES string of the molecule is Cc1ccc2ncc(N3CCN(N)C(C(C)C)C3)nc2c1. The third-order valence-corrected chi connectivity index (χ3v) is 4.24. The number of aryl methyl sites for hydroxylation is 1. The minimum atomic E-state index is 0.355. The highest BCUT2D eigenvalue weighted by Gasteiger charge is 2.28. The zero-order valence-corrected chi connectivity index (χ0v) is 13.0. The van der Waals surface area contributed by atoms with Crippen LogP contribution in [-0.2, 0) is 0 Å². The van der Waals surface area contributed by atoms with Crippen molar-refractivity contribution in [1.82, 2.24) is 15.0 Å². The van der Waals surface area contributed by atoms with E-state index in [4.69, 9.17) is 10.8 Å². The Morgan fingerprint density at radius 2 is 2.05 bits per heavy atom. The summed E-state index contributed by atoms with van der Waals surface area (Å²) in [6.45, 7) is 9.16. The number of fused-ring (bicyclic) bond motifs is 1. The number of hydrogen-bond donors (Lipinski definition) is 1. The van der Waals surface area contributed by atoms with Gasteiger partial charge in [0, 0.05) is 25.7 Å². The van der Waals surface area contributed by atoms with Gasteiger partial charge < -0.3 is 4.90 Å². The zero-order chi connectivity index (χ0) is 15.0. The molecule has 2 N–H and O–H groups in total. The highest BCUT2D eigenvalue weighted by atomic mass is 15.5. The Bertz CT molecular complexity index is 640. The molecule has 1 aliphatic heterocycles. The molecule has 5 nitrogen and oxygen atoms in total. The maximum absolute atomic E-state index is 6.10. The Kier molecular flexibility index (Phi) is 3.78. The fourth-order valence-corrected chi connectivity index (χ4v) is 2.89. The second-order valence-electron chi connectivity index (χ2n) is 6.22. The van der Waals surface area contributed by atoms with Crippen LogP contribution in [0, 0.1) is 12.8 Å². The van der Waals surface area contributed by atoms with Crippen molar-refractivity contribution in [3.8, 4) is 0 Å². The van der Waals surface area contributed by atoms with E-state index >= 15 is 0 Å². The molecule has 1 atom stereocenters. The summed E-state index contributed by atoms with van der Waals surface area (Å²) >= 11 is 0. The number of nitrogens with two attached hydrogens (primary N) is 1. The number of nitrogens with zero attached hydrogens (tertiary/aromatic N) is 4. The first-order valence-electron chi connectivity index (χ1n) is 7.54. The smallest absolute Gasteiger partial charge is 0.147 e. The van der Waals surface area contributed by atoms with Crippen LogP contribution in [0.2, 0.25) is 0 Å². The van der Waals surface area contributed by atoms with Gasteiger partial charge in [-0.3, -0.25) is 10.8 Å². The van der Waals surface area contributed by atoms with Gasteiger partial charge in [0.1, 0.15) is 5.82 Å². The van der Waals surface area contributed by atoms with Gasteiger partial charge in [0.05, 0.1) is 17.2 Å². The fraction of sp³-hybridized carbons (Fsp3) is 0.500. The van der Waals surface area contributed by atoms with E-state index in [9.17, 15) is 0 Å². The second kappa shape index (κ2) is 5.58. The summed E-state index contributed by atoms with van der Waals surface area (Å²) in [6.07, 6.45) is 1.88. The number of rotatable bonds is 2. The quantitative estimate of drug-likeness (QED) is 0.855. The summed E-state index contributed by atoms with van der Waals surface area (Å²) in [4.78, 5) is 11.6. The third kappa shape index (κ3) is 2.84. The lowest BCUT2D eigenvalue weighted by molar-refractivity contribution is 0.140. The van der Waals surface area contributed by atoms with Gasteiger partial charge in [-0.1, -0.05) is 19.9 Å². The molecule has 0 amide bonds. The normalized spacial score (nSPS) is 20.4. The summed E-state index contributed by atoms with van der Waals surface area (Å²) in [5, 5.41) is 1.96. The predicted molar refractivity (Wildman–Crippen MR) is 86.0 cm³/mol. The van der Waals surface area contributed by atoms with Gasteiger partial charge in [0.15, 0.2) is 0 Å². The van der Waals surface area contributed by atoms with Crippen molar-refractivity contribution in [3.05, 3.63) is 30.0 Å². The van der Waals surface area contributed by atoms with E-state index in [0.29, 0.717) is 12.0 Å². The molecule has 1 aliphatic rings. The van der Waals surface area contributed by atoms with Crippen LogP contribution >= 0.6 is 0 Å². The molecule has 1 aromatic heterocycles. The lowest BCUT2D eigenvalue weighted by Gasteiger charge is -2.41. The van der Waals surface area contributed by atoms with Gasteiger partial charge in [-0.15, -0.1) is 0 Å². The Labute approximate surface area is 125 Å². The van der Waals surface area contributed by atoms with Crippen LogP contribution in [-0.4, -0.2) is 40.7 Å². The Morgan fingerprint density at radius 3 is 2.81 bits per heavy atom. The first-order valence-corrected chi connectivity index (χ1v) is 7.54. The molecule has 0 aliphatic carbocycles. The van der Waals surface area contributed by atoms with E-state index in [1.165, 1.54) is 5.56 Å². The summed E-state index contributed by atoms with van der Waals surface area (Å²) in [6, 6.07) is 6.54. The van der Waals surface area contributed by atoms with Crippen LogP contribution < -0.4 is 10.7 Å². The van der Waals surface area contributed by atoms with Gasteiger partial charge in [0.25, 0.3) is 0 Å². The maximum Gasteiger partial charge on any atom is 0.147 e. The van der Waals surface area contributed by atoms with Crippen LogP contribution in [0.3, 0.4) is 0 Å². The van der Waals surface area contributed by atoms with Crippen molar-refractivity contribution in [3.63, 3.8) is 0 Å². The minimum absolute atomic E-state index is 0.355.